The van der Waals surface area contributed by atoms with E-state index in [4.69, 9.17) is 0 Å². The number of carbonyl (C=O) groups excluding carboxylic acids is 2. The normalized spacial score (nSPS) is 17.2. The van der Waals surface area contributed by atoms with E-state index in [1.807, 2.05) is 48.2 Å². The summed E-state index contributed by atoms with van der Waals surface area (Å²) >= 11 is 1.58. The molecule has 1 aromatic carbocycles. The maximum absolute atomic E-state index is 12.8. The summed E-state index contributed by atoms with van der Waals surface area (Å²) in [6.07, 6.45) is 7.35. The predicted molar refractivity (Wildman–Crippen MR) is 103 cm³/mol. The first-order valence-electron chi connectivity index (χ1n) is 8.88. The Morgan fingerprint density at radius 1 is 1.31 bits per heavy atom. The number of amides is 2. The Labute approximate surface area is 158 Å². The molecule has 0 aliphatic carbocycles. The smallest absolute Gasteiger partial charge is 0.253 e. The van der Waals surface area contributed by atoms with Crippen molar-refractivity contribution in [2.75, 3.05) is 25.9 Å². The molecule has 1 N–H and O–H groups in total. The minimum Gasteiger partial charge on any atom is -0.356 e. The van der Waals surface area contributed by atoms with Gasteiger partial charge in [0.05, 0.1) is 5.92 Å². The molecule has 1 saturated heterocycles. The molecule has 2 aromatic rings. The molecule has 1 atom stereocenters. The van der Waals surface area contributed by atoms with Crippen LogP contribution in [0.5, 0.6) is 0 Å². The number of nitrogens with zero attached hydrogens (tertiary/aromatic N) is 3. The van der Waals surface area contributed by atoms with Gasteiger partial charge in [-0.1, -0.05) is 11.8 Å². The lowest BCUT2D eigenvalue weighted by Crippen LogP contribution is -2.45. The fourth-order valence-corrected chi connectivity index (χ4v) is 3.81. The van der Waals surface area contributed by atoms with Crippen LogP contribution in [0.4, 0.5) is 0 Å². The Morgan fingerprint density at radius 3 is 2.77 bits per heavy atom. The van der Waals surface area contributed by atoms with Gasteiger partial charge >= 0.3 is 0 Å². The molecule has 0 bridgehead atoms. The molecule has 0 saturated carbocycles. The summed E-state index contributed by atoms with van der Waals surface area (Å²) in [7, 11) is 0. The number of piperidine rings is 1. The fourth-order valence-electron chi connectivity index (χ4n) is 3.28. The van der Waals surface area contributed by atoms with E-state index < -0.39 is 0 Å². The van der Waals surface area contributed by atoms with Gasteiger partial charge in [-0.15, -0.1) is 0 Å². The quantitative estimate of drug-likeness (QED) is 0.819. The molecule has 1 fully saturated rings. The Balaban J connectivity index is 1.71. The monoisotopic (exact) mass is 372 g/mol. The number of hydrogen-bond donors (Lipinski definition) is 1. The van der Waals surface area contributed by atoms with E-state index in [1.54, 1.807) is 22.9 Å². The first kappa shape index (κ1) is 18.5. The van der Waals surface area contributed by atoms with Crippen LogP contribution in [0.15, 0.2) is 41.8 Å². The summed E-state index contributed by atoms with van der Waals surface area (Å²) in [5.41, 5.74) is 1.62. The fraction of sp³-hybridized carbons (Fsp3) is 0.421. The summed E-state index contributed by atoms with van der Waals surface area (Å²) in [6, 6.07) is 7.55. The number of aromatic nitrogens is 2. The standard InChI is InChI=1S/C19H24N4O2S/c1-3-20-17(24)15-5-4-11-22(13-15)18(25)14-6-8-16(9-7-14)23-12-10-21-19(23)26-2/h6-10,12,15H,3-5,11,13H2,1-2H3,(H,20,24). The van der Waals surface area contributed by atoms with Crippen molar-refractivity contribution >= 4 is 23.6 Å². The van der Waals surface area contributed by atoms with Gasteiger partial charge in [-0.2, -0.15) is 0 Å². The van der Waals surface area contributed by atoms with E-state index in [-0.39, 0.29) is 17.7 Å². The molecule has 26 heavy (non-hydrogen) atoms. The van der Waals surface area contributed by atoms with Crippen molar-refractivity contribution in [1.29, 1.82) is 0 Å². The Kier molecular flexibility index (Phi) is 5.98. The van der Waals surface area contributed by atoms with E-state index in [2.05, 4.69) is 10.3 Å². The zero-order valence-electron chi connectivity index (χ0n) is 15.1. The molecular formula is C19H24N4O2S. The van der Waals surface area contributed by atoms with Crippen LogP contribution in [0.1, 0.15) is 30.1 Å². The topological polar surface area (TPSA) is 67.2 Å². The lowest BCUT2D eigenvalue weighted by atomic mass is 9.96. The van der Waals surface area contributed by atoms with Crippen LogP contribution in [0, 0.1) is 5.92 Å². The van der Waals surface area contributed by atoms with Gasteiger partial charge in [-0.25, -0.2) is 4.98 Å². The molecule has 1 aliphatic heterocycles. The SMILES string of the molecule is CCNC(=O)C1CCCN(C(=O)c2ccc(-n3ccnc3SC)cc2)C1. The van der Waals surface area contributed by atoms with Crippen molar-refractivity contribution in [3.8, 4) is 5.69 Å². The van der Waals surface area contributed by atoms with Gasteiger partial charge in [0, 0.05) is 43.3 Å². The zero-order valence-corrected chi connectivity index (χ0v) is 16.0. The van der Waals surface area contributed by atoms with Gasteiger partial charge in [-0.3, -0.25) is 14.2 Å². The Hall–Kier alpha value is -2.28. The number of thioether (sulfide) groups is 1. The molecule has 2 heterocycles. The molecule has 138 valence electrons. The number of likely N-dealkylation sites (tertiary alicyclic amines) is 1. The van der Waals surface area contributed by atoms with Crippen LogP contribution >= 0.6 is 11.8 Å². The van der Waals surface area contributed by atoms with Crippen LogP contribution in [-0.2, 0) is 4.79 Å². The van der Waals surface area contributed by atoms with E-state index >= 15 is 0 Å². The highest BCUT2D eigenvalue weighted by Gasteiger charge is 2.28. The third-order valence-electron chi connectivity index (χ3n) is 4.61. The van der Waals surface area contributed by atoms with Crippen molar-refractivity contribution < 1.29 is 9.59 Å². The Bertz CT molecular complexity index is 772. The van der Waals surface area contributed by atoms with E-state index in [0.717, 1.165) is 23.7 Å². The second-order valence-corrected chi connectivity index (χ2v) is 7.09. The molecule has 0 radical (unpaired) electrons. The first-order valence-corrected chi connectivity index (χ1v) is 10.1. The lowest BCUT2D eigenvalue weighted by molar-refractivity contribution is -0.126. The lowest BCUT2D eigenvalue weighted by Gasteiger charge is -2.32. The molecule has 7 heteroatoms. The van der Waals surface area contributed by atoms with Gasteiger partial charge in [0.15, 0.2) is 5.16 Å². The van der Waals surface area contributed by atoms with Crippen molar-refractivity contribution in [3.05, 3.63) is 42.2 Å². The predicted octanol–water partition coefficient (Wildman–Crippen LogP) is 2.58. The van der Waals surface area contributed by atoms with Gasteiger partial charge in [0.2, 0.25) is 5.91 Å². The average Bonchev–Trinajstić information content (AvgIpc) is 3.16. The molecule has 6 nitrogen and oxygen atoms in total. The number of carbonyl (C=O) groups is 2. The van der Waals surface area contributed by atoms with Crippen LogP contribution in [0.25, 0.3) is 5.69 Å². The molecular weight excluding hydrogens is 348 g/mol. The van der Waals surface area contributed by atoms with Crippen molar-refractivity contribution in [2.24, 2.45) is 5.92 Å². The van der Waals surface area contributed by atoms with Crippen molar-refractivity contribution in [1.82, 2.24) is 19.8 Å². The summed E-state index contributed by atoms with van der Waals surface area (Å²) in [5, 5.41) is 3.77. The highest BCUT2D eigenvalue weighted by Crippen LogP contribution is 2.21. The summed E-state index contributed by atoms with van der Waals surface area (Å²) in [6.45, 7) is 3.73. The van der Waals surface area contributed by atoms with Crippen LogP contribution in [0.3, 0.4) is 0 Å². The minimum atomic E-state index is -0.109. The Morgan fingerprint density at radius 2 is 2.08 bits per heavy atom. The van der Waals surface area contributed by atoms with Gasteiger partial charge in [0.1, 0.15) is 0 Å². The number of nitrogens with one attached hydrogen (secondary N) is 1. The largest absolute Gasteiger partial charge is 0.356 e. The maximum Gasteiger partial charge on any atom is 0.253 e. The number of imidazole rings is 1. The zero-order chi connectivity index (χ0) is 18.5. The second-order valence-electron chi connectivity index (χ2n) is 6.32. The van der Waals surface area contributed by atoms with E-state index in [9.17, 15) is 9.59 Å². The average molecular weight is 372 g/mol. The highest BCUT2D eigenvalue weighted by atomic mass is 32.2. The van der Waals surface area contributed by atoms with E-state index in [0.29, 0.717) is 25.2 Å². The molecule has 1 aromatic heterocycles. The van der Waals surface area contributed by atoms with Crippen molar-refractivity contribution in [3.63, 3.8) is 0 Å². The maximum atomic E-state index is 12.8. The molecule has 1 unspecified atom stereocenters. The molecule has 1 aliphatic rings. The van der Waals surface area contributed by atoms with Crippen LogP contribution in [-0.4, -0.2) is 52.2 Å². The minimum absolute atomic E-state index is 0.0127. The van der Waals surface area contributed by atoms with Gasteiger partial charge in [0.25, 0.3) is 5.91 Å². The first-order chi connectivity index (χ1) is 12.6. The number of benzene rings is 1. The molecule has 3 rings (SSSR count). The molecule has 2 amide bonds. The third kappa shape index (κ3) is 3.93. The third-order valence-corrected chi connectivity index (χ3v) is 5.28. The summed E-state index contributed by atoms with van der Waals surface area (Å²) in [4.78, 5) is 31.0. The summed E-state index contributed by atoms with van der Waals surface area (Å²) in [5.74, 6) is -0.0756. The van der Waals surface area contributed by atoms with Crippen LogP contribution in [0.2, 0.25) is 0 Å². The highest BCUT2D eigenvalue weighted by molar-refractivity contribution is 7.98. The van der Waals surface area contributed by atoms with Gasteiger partial charge < -0.3 is 10.2 Å². The summed E-state index contributed by atoms with van der Waals surface area (Å²) < 4.78 is 1.99. The second kappa shape index (κ2) is 8.40. The van der Waals surface area contributed by atoms with Gasteiger partial charge in [-0.05, 0) is 50.3 Å². The van der Waals surface area contributed by atoms with E-state index in [1.165, 1.54) is 0 Å². The van der Waals surface area contributed by atoms with Crippen molar-refractivity contribution in [2.45, 2.75) is 24.9 Å². The molecule has 0 spiro atoms. The number of rotatable bonds is 5. The van der Waals surface area contributed by atoms with Crippen LogP contribution < -0.4 is 5.32 Å². The number of hydrogen-bond acceptors (Lipinski definition) is 4.